The van der Waals surface area contributed by atoms with E-state index in [0.29, 0.717) is 17.8 Å². The number of esters is 1. The third-order valence-corrected chi connectivity index (χ3v) is 5.06. The van der Waals surface area contributed by atoms with Crippen molar-refractivity contribution in [2.45, 2.75) is 45.3 Å². The van der Waals surface area contributed by atoms with Crippen molar-refractivity contribution in [3.63, 3.8) is 0 Å². The van der Waals surface area contributed by atoms with Gasteiger partial charge < -0.3 is 15.4 Å². The number of thiophene rings is 1. The number of nitrogens with one attached hydrogen (secondary N) is 2. The lowest BCUT2D eigenvalue weighted by Gasteiger charge is -2.19. The average Bonchev–Trinajstić information content (AvgIpc) is 3.25. The molecule has 2 N–H and O–H groups in total. The topological polar surface area (TPSA) is 128 Å². The first-order chi connectivity index (χ1) is 14.8. The highest BCUT2D eigenvalue weighted by molar-refractivity contribution is 7.12. The van der Waals surface area contributed by atoms with E-state index in [-0.39, 0.29) is 42.0 Å². The standard InChI is InChI=1S/C21H25N3O6S/c1-14(2)30-20(26)13-16(15-7-3-4-8-17(15)24(28)29)23-19(25)10-5-11-22-21(27)18-9-6-12-31-18/h3-4,6-9,12,14,16H,5,10-11,13H2,1-2H3,(H,22,27)(H,23,25). The SMILES string of the molecule is CC(C)OC(=O)CC(NC(=O)CCCNC(=O)c1cccs1)c1ccccc1[N+](=O)[O-]. The summed E-state index contributed by atoms with van der Waals surface area (Å²) in [6, 6.07) is 8.54. The van der Waals surface area contributed by atoms with Gasteiger partial charge in [0.2, 0.25) is 5.91 Å². The molecule has 0 aliphatic rings. The molecule has 31 heavy (non-hydrogen) atoms. The van der Waals surface area contributed by atoms with Gasteiger partial charge in [-0.3, -0.25) is 24.5 Å². The van der Waals surface area contributed by atoms with Crippen molar-refractivity contribution in [1.82, 2.24) is 10.6 Å². The summed E-state index contributed by atoms with van der Waals surface area (Å²) in [5, 5.41) is 18.6. The number of amides is 2. The number of nitrogens with zero attached hydrogens (tertiary/aromatic N) is 1. The van der Waals surface area contributed by atoms with Crippen LogP contribution < -0.4 is 10.6 Å². The molecule has 0 saturated heterocycles. The molecule has 1 heterocycles. The second-order valence-electron chi connectivity index (χ2n) is 7.02. The third-order valence-electron chi connectivity index (χ3n) is 4.19. The Kier molecular flexibility index (Phi) is 9.13. The number of benzene rings is 1. The van der Waals surface area contributed by atoms with Gasteiger partial charge in [0.15, 0.2) is 0 Å². The highest BCUT2D eigenvalue weighted by atomic mass is 32.1. The van der Waals surface area contributed by atoms with Crippen LogP contribution in [-0.4, -0.2) is 35.4 Å². The van der Waals surface area contributed by atoms with Gasteiger partial charge >= 0.3 is 5.97 Å². The molecular formula is C21H25N3O6S. The van der Waals surface area contributed by atoms with Crippen molar-refractivity contribution in [1.29, 1.82) is 0 Å². The number of hydrogen-bond donors (Lipinski definition) is 2. The van der Waals surface area contributed by atoms with E-state index in [1.54, 1.807) is 37.4 Å². The Labute approximate surface area is 183 Å². The molecule has 2 aromatic rings. The predicted octanol–water partition coefficient (Wildman–Crippen LogP) is 3.37. The van der Waals surface area contributed by atoms with Crippen LogP contribution in [0.25, 0.3) is 0 Å². The maximum Gasteiger partial charge on any atom is 0.308 e. The molecule has 0 fully saturated rings. The number of nitro benzene ring substituents is 1. The van der Waals surface area contributed by atoms with Crippen molar-refractivity contribution in [2.75, 3.05) is 6.54 Å². The monoisotopic (exact) mass is 447 g/mol. The minimum atomic E-state index is -0.902. The third kappa shape index (κ3) is 7.82. The number of carbonyl (C=O) groups is 3. The average molecular weight is 448 g/mol. The Bertz CT molecular complexity index is 914. The summed E-state index contributed by atoms with van der Waals surface area (Å²) in [5.74, 6) is -1.16. The smallest absolute Gasteiger partial charge is 0.308 e. The van der Waals surface area contributed by atoms with Crippen molar-refractivity contribution in [3.8, 4) is 0 Å². The molecule has 1 aromatic heterocycles. The van der Waals surface area contributed by atoms with Crippen LogP contribution in [0, 0.1) is 10.1 Å². The molecule has 1 unspecified atom stereocenters. The number of rotatable bonds is 11. The molecular weight excluding hydrogens is 422 g/mol. The number of hydrogen-bond acceptors (Lipinski definition) is 7. The van der Waals surface area contributed by atoms with Crippen LogP contribution in [-0.2, 0) is 14.3 Å². The summed E-state index contributed by atoms with van der Waals surface area (Å²) in [7, 11) is 0. The van der Waals surface area contributed by atoms with E-state index in [4.69, 9.17) is 4.74 Å². The van der Waals surface area contributed by atoms with Crippen LogP contribution in [0.3, 0.4) is 0 Å². The van der Waals surface area contributed by atoms with E-state index in [9.17, 15) is 24.5 Å². The second kappa shape index (κ2) is 11.8. The van der Waals surface area contributed by atoms with Crippen LogP contribution in [0.5, 0.6) is 0 Å². The second-order valence-corrected chi connectivity index (χ2v) is 7.96. The van der Waals surface area contributed by atoms with Crippen molar-refractivity contribution >= 4 is 34.8 Å². The van der Waals surface area contributed by atoms with Gasteiger partial charge in [-0.05, 0) is 31.7 Å². The molecule has 0 bridgehead atoms. The van der Waals surface area contributed by atoms with Crippen molar-refractivity contribution < 1.29 is 24.0 Å². The summed E-state index contributed by atoms with van der Waals surface area (Å²) in [6.07, 6.45) is -0.116. The first-order valence-electron chi connectivity index (χ1n) is 9.81. The van der Waals surface area contributed by atoms with Gasteiger partial charge in [0.25, 0.3) is 11.6 Å². The van der Waals surface area contributed by atoms with E-state index in [1.165, 1.54) is 29.5 Å². The van der Waals surface area contributed by atoms with E-state index in [1.807, 2.05) is 0 Å². The number of ether oxygens (including phenoxy) is 1. The zero-order valence-electron chi connectivity index (χ0n) is 17.3. The Morgan fingerprint density at radius 2 is 1.90 bits per heavy atom. The maximum absolute atomic E-state index is 12.4. The Morgan fingerprint density at radius 1 is 1.16 bits per heavy atom. The van der Waals surface area contributed by atoms with Gasteiger partial charge in [-0.2, -0.15) is 0 Å². The fourth-order valence-corrected chi connectivity index (χ4v) is 3.52. The summed E-state index contributed by atoms with van der Waals surface area (Å²) in [4.78, 5) is 47.9. The number of nitro groups is 1. The van der Waals surface area contributed by atoms with Gasteiger partial charge in [0.1, 0.15) is 0 Å². The first-order valence-corrected chi connectivity index (χ1v) is 10.7. The van der Waals surface area contributed by atoms with Crippen molar-refractivity contribution in [3.05, 3.63) is 62.3 Å². The minimum Gasteiger partial charge on any atom is -0.463 e. The zero-order chi connectivity index (χ0) is 22.8. The van der Waals surface area contributed by atoms with Gasteiger partial charge in [0.05, 0.1) is 33.9 Å². The number of carbonyl (C=O) groups excluding carboxylic acids is 3. The lowest BCUT2D eigenvalue weighted by atomic mass is 10.0. The molecule has 1 aromatic carbocycles. The fraction of sp³-hybridized carbons (Fsp3) is 0.381. The molecule has 0 aliphatic heterocycles. The molecule has 0 radical (unpaired) electrons. The molecule has 2 amide bonds. The zero-order valence-corrected chi connectivity index (χ0v) is 18.1. The van der Waals surface area contributed by atoms with E-state index >= 15 is 0 Å². The van der Waals surface area contributed by atoms with Gasteiger partial charge in [-0.15, -0.1) is 11.3 Å². The molecule has 2 rings (SSSR count). The quantitative estimate of drug-likeness (QED) is 0.235. The highest BCUT2D eigenvalue weighted by Crippen LogP contribution is 2.27. The summed E-state index contributed by atoms with van der Waals surface area (Å²) < 4.78 is 5.14. The lowest BCUT2D eigenvalue weighted by molar-refractivity contribution is -0.385. The molecule has 0 spiro atoms. The molecule has 9 nitrogen and oxygen atoms in total. The van der Waals surface area contributed by atoms with E-state index < -0.39 is 16.9 Å². The summed E-state index contributed by atoms with van der Waals surface area (Å²) in [5.41, 5.74) is 0.0425. The van der Waals surface area contributed by atoms with Gasteiger partial charge in [-0.25, -0.2) is 0 Å². The predicted molar refractivity (Wildman–Crippen MR) is 116 cm³/mol. The number of para-hydroxylation sites is 1. The Balaban J connectivity index is 1.98. The molecule has 0 aliphatic carbocycles. The van der Waals surface area contributed by atoms with Gasteiger partial charge in [0, 0.05) is 19.0 Å². The minimum absolute atomic E-state index is 0.0844. The Morgan fingerprint density at radius 3 is 2.55 bits per heavy atom. The summed E-state index contributed by atoms with van der Waals surface area (Å²) in [6.45, 7) is 3.69. The maximum atomic E-state index is 12.4. The van der Waals surface area contributed by atoms with E-state index in [2.05, 4.69) is 10.6 Å². The molecule has 1 atom stereocenters. The molecule has 10 heteroatoms. The summed E-state index contributed by atoms with van der Waals surface area (Å²) >= 11 is 1.32. The molecule has 166 valence electrons. The Hall–Kier alpha value is -3.27. The lowest BCUT2D eigenvalue weighted by Crippen LogP contribution is -2.32. The van der Waals surface area contributed by atoms with E-state index in [0.717, 1.165) is 0 Å². The van der Waals surface area contributed by atoms with Gasteiger partial charge in [-0.1, -0.05) is 24.3 Å². The highest BCUT2D eigenvalue weighted by Gasteiger charge is 2.26. The van der Waals surface area contributed by atoms with Crippen molar-refractivity contribution in [2.24, 2.45) is 0 Å². The molecule has 0 saturated carbocycles. The largest absolute Gasteiger partial charge is 0.463 e. The first kappa shape index (κ1) is 24.0. The van der Waals surface area contributed by atoms with Crippen LogP contribution >= 0.6 is 11.3 Å². The van der Waals surface area contributed by atoms with Crippen LogP contribution in [0.15, 0.2) is 41.8 Å². The van der Waals surface area contributed by atoms with Crippen LogP contribution in [0.1, 0.15) is 54.4 Å². The van der Waals surface area contributed by atoms with Crippen LogP contribution in [0.4, 0.5) is 5.69 Å². The fourth-order valence-electron chi connectivity index (χ4n) is 2.88. The van der Waals surface area contributed by atoms with Crippen LogP contribution in [0.2, 0.25) is 0 Å². The normalized spacial score (nSPS) is 11.6.